The van der Waals surface area contributed by atoms with Gasteiger partial charge in [0, 0.05) is 6.20 Å². The predicted octanol–water partition coefficient (Wildman–Crippen LogP) is -1.73. The van der Waals surface area contributed by atoms with Crippen LogP contribution in [0.2, 0.25) is 0 Å². The largest absolute Gasteiger partial charge is 0.374 e. The zero-order chi connectivity index (χ0) is 9.14. The van der Waals surface area contributed by atoms with Crippen LogP contribution in [-0.4, -0.2) is 22.1 Å². The van der Waals surface area contributed by atoms with Gasteiger partial charge in [-0.3, -0.25) is 15.1 Å². The standard InChI is InChI=1S/C6H9N3O3/c1-7-4(10)3-2-8-6(12)9-5(3)11/h2,4,7,10H,1H3,(H2,8,9,11,12). The van der Waals surface area contributed by atoms with Crippen LogP contribution in [0.25, 0.3) is 0 Å². The SMILES string of the molecule is CNC(O)c1c[nH]c(=O)[nH]c1=O. The summed E-state index contributed by atoms with van der Waals surface area (Å²) in [4.78, 5) is 25.7. The van der Waals surface area contributed by atoms with Crippen LogP contribution in [0.1, 0.15) is 11.8 Å². The van der Waals surface area contributed by atoms with Crippen LogP contribution < -0.4 is 16.6 Å². The Morgan fingerprint density at radius 1 is 1.58 bits per heavy atom. The number of aliphatic hydroxyl groups is 1. The fraction of sp³-hybridized carbons (Fsp3) is 0.333. The third-order valence-electron chi connectivity index (χ3n) is 1.42. The molecule has 6 heteroatoms. The fourth-order valence-corrected chi connectivity index (χ4v) is 0.779. The molecule has 1 aromatic rings. The second-order valence-corrected chi connectivity index (χ2v) is 2.22. The first-order chi connectivity index (χ1) is 5.65. The Bertz CT molecular complexity index is 367. The Morgan fingerprint density at radius 3 is 2.75 bits per heavy atom. The Balaban J connectivity index is 3.19. The van der Waals surface area contributed by atoms with Crippen molar-refractivity contribution < 1.29 is 5.11 Å². The van der Waals surface area contributed by atoms with Gasteiger partial charge in [0.15, 0.2) is 0 Å². The number of H-pyrrole nitrogens is 2. The van der Waals surface area contributed by atoms with Crippen LogP contribution in [0, 0.1) is 0 Å². The molecule has 0 bridgehead atoms. The topological polar surface area (TPSA) is 98.0 Å². The monoisotopic (exact) mass is 171 g/mol. The molecule has 66 valence electrons. The molecule has 1 aromatic heterocycles. The van der Waals surface area contributed by atoms with E-state index in [0.717, 1.165) is 0 Å². The molecule has 1 unspecified atom stereocenters. The smallest absolute Gasteiger partial charge is 0.325 e. The maximum absolute atomic E-state index is 11.0. The first-order valence-corrected chi connectivity index (χ1v) is 3.32. The highest BCUT2D eigenvalue weighted by atomic mass is 16.3. The molecule has 1 heterocycles. The normalized spacial score (nSPS) is 12.8. The summed E-state index contributed by atoms with van der Waals surface area (Å²) in [5.41, 5.74) is -1.11. The molecule has 0 saturated heterocycles. The quantitative estimate of drug-likeness (QED) is 0.397. The third kappa shape index (κ3) is 1.60. The molecule has 0 aromatic carbocycles. The van der Waals surface area contributed by atoms with Gasteiger partial charge in [-0.05, 0) is 7.05 Å². The van der Waals surface area contributed by atoms with Crippen molar-refractivity contribution in [3.8, 4) is 0 Å². The van der Waals surface area contributed by atoms with Crippen LogP contribution in [-0.2, 0) is 0 Å². The second-order valence-electron chi connectivity index (χ2n) is 2.22. The van der Waals surface area contributed by atoms with Gasteiger partial charge in [0.2, 0.25) is 0 Å². The summed E-state index contributed by atoms with van der Waals surface area (Å²) in [5, 5.41) is 11.6. The van der Waals surface area contributed by atoms with Gasteiger partial charge < -0.3 is 10.1 Å². The number of hydrogen-bond acceptors (Lipinski definition) is 4. The summed E-state index contributed by atoms with van der Waals surface area (Å²) in [6.45, 7) is 0. The second kappa shape index (κ2) is 3.33. The Kier molecular flexibility index (Phi) is 2.41. The lowest BCUT2D eigenvalue weighted by atomic mass is 10.3. The van der Waals surface area contributed by atoms with E-state index in [2.05, 4.69) is 10.3 Å². The summed E-state index contributed by atoms with van der Waals surface area (Å²) in [6.07, 6.45) is 0.105. The maximum Gasteiger partial charge on any atom is 0.325 e. The third-order valence-corrected chi connectivity index (χ3v) is 1.42. The maximum atomic E-state index is 11.0. The highest BCUT2D eigenvalue weighted by molar-refractivity contribution is 5.05. The van der Waals surface area contributed by atoms with Crippen LogP contribution in [0.4, 0.5) is 0 Å². The number of rotatable bonds is 2. The Labute approximate surface area is 67.3 Å². The van der Waals surface area contributed by atoms with Crippen molar-refractivity contribution in [3.05, 3.63) is 32.6 Å². The highest BCUT2D eigenvalue weighted by Gasteiger charge is 2.08. The van der Waals surface area contributed by atoms with E-state index in [1.54, 1.807) is 0 Å². The van der Waals surface area contributed by atoms with Gasteiger partial charge in [0.05, 0.1) is 5.56 Å². The van der Waals surface area contributed by atoms with Crippen molar-refractivity contribution in [2.24, 2.45) is 0 Å². The number of aromatic amines is 2. The average Bonchev–Trinajstić information content (AvgIpc) is 2.03. The fourth-order valence-electron chi connectivity index (χ4n) is 0.779. The lowest BCUT2D eigenvalue weighted by Crippen LogP contribution is -2.30. The van der Waals surface area contributed by atoms with Gasteiger partial charge in [0.25, 0.3) is 5.56 Å². The molecule has 0 aliphatic carbocycles. The van der Waals surface area contributed by atoms with Crippen molar-refractivity contribution in [1.82, 2.24) is 15.3 Å². The first-order valence-electron chi connectivity index (χ1n) is 3.32. The number of nitrogens with one attached hydrogen (secondary N) is 3. The highest BCUT2D eigenvalue weighted by Crippen LogP contribution is 1.97. The van der Waals surface area contributed by atoms with Gasteiger partial charge >= 0.3 is 5.69 Å². The van der Waals surface area contributed by atoms with Crippen LogP contribution >= 0.6 is 0 Å². The molecule has 0 fully saturated rings. The molecular weight excluding hydrogens is 162 g/mol. The average molecular weight is 171 g/mol. The number of aromatic nitrogens is 2. The van der Waals surface area contributed by atoms with E-state index in [1.165, 1.54) is 13.2 Å². The molecule has 6 nitrogen and oxygen atoms in total. The van der Waals surface area contributed by atoms with E-state index in [4.69, 9.17) is 5.11 Å². The van der Waals surface area contributed by atoms with Gasteiger partial charge in [-0.15, -0.1) is 0 Å². The first kappa shape index (κ1) is 8.69. The molecule has 0 amide bonds. The molecule has 12 heavy (non-hydrogen) atoms. The molecule has 0 saturated carbocycles. The van der Waals surface area contributed by atoms with Crippen LogP contribution in [0.3, 0.4) is 0 Å². The lowest BCUT2D eigenvalue weighted by Gasteiger charge is -2.06. The molecule has 0 radical (unpaired) electrons. The zero-order valence-corrected chi connectivity index (χ0v) is 6.42. The van der Waals surface area contributed by atoms with Crippen molar-refractivity contribution in [2.45, 2.75) is 6.23 Å². The summed E-state index contributed by atoms with van der Waals surface area (Å²) < 4.78 is 0. The van der Waals surface area contributed by atoms with Crippen molar-refractivity contribution >= 4 is 0 Å². The Hall–Kier alpha value is -1.40. The van der Waals surface area contributed by atoms with E-state index in [0.29, 0.717) is 0 Å². The minimum Gasteiger partial charge on any atom is -0.374 e. The van der Waals surface area contributed by atoms with Gasteiger partial charge in [-0.2, -0.15) is 0 Å². The summed E-state index contributed by atoms with van der Waals surface area (Å²) >= 11 is 0. The minimum absolute atomic E-state index is 0.0806. The summed E-state index contributed by atoms with van der Waals surface area (Å²) in [6, 6.07) is 0. The predicted molar refractivity (Wildman–Crippen MR) is 41.7 cm³/mol. The van der Waals surface area contributed by atoms with Gasteiger partial charge in [0.1, 0.15) is 6.23 Å². The Morgan fingerprint density at radius 2 is 2.25 bits per heavy atom. The number of hydrogen-bond donors (Lipinski definition) is 4. The van der Waals surface area contributed by atoms with E-state index < -0.39 is 17.5 Å². The van der Waals surface area contributed by atoms with Gasteiger partial charge in [-0.1, -0.05) is 0 Å². The molecule has 0 spiro atoms. The van der Waals surface area contributed by atoms with Crippen molar-refractivity contribution in [1.29, 1.82) is 0 Å². The lowest BCUT2D eigenvalue weighted by molar-refractivity contribution is 0.147. The molecule has 4 N–H and O–H groups in total. The van der Waals surface area contributed by atoms with E-state index in [-0.39, 0.29) is 5.56 Å². The van der Waals surface area contributed by atoms with Crippen LogP contribution in [0.5, 0.6) is 0 Å². The van der Waals surface area contributed by atoms with Crippen LogP contribution in [0.15, 0.2) is 15.8 Å². The van der Waals surface area contributed by atoms with E-state index in [9.17, 15) is 9.59 Å². The van der Waals surface area contributed by atoms with Crippen molar-refractivity contribution in [3.63, 3.8) is 0 Å². The molecular formula is C6H9N3O3. The minimum atomic E-state index is -1.06. The molecule has 1 atom stereocenters. The summed E-state index contributed by atoms with van der Waals surface area (Å²) in [5.74, 6) is 0. The van der Waals surface area contributed by atoms with Gasteiger partial charge in [-0.25, -0.2) is 4.79 Å². The number of aliphatic hydroxyl groups excluding tert-OH is 1. The molecule has 1 rings (SSSR count). The van der Waals surface area contributed by atoms with Crippen molar-refractivity contribution in [2.75, 3.05) is 7.05 Å². The summed E-state index contributed by atoms with van der Waals surface area (Å²) in [7, 11) is 1.50. The van der Waals surface area contributed by atoms with E-state index >= 15 is 0 Å². The zero-order valence-electron chi connectivity index (χ0n) is 6.42. The van der Waals surface area contributed by atoms with E-state index in [1.807, 2.05) is 4.98 Å². The molecule has 0 aliphatic heterocycles. The molecule has 0 aliphatic rings.